The number of carbonyl (C=O) groups excluding carboxylic acids is 1. The van der Waals surface area contributed by atoms with Crippen molar-refractivity contribution in [2.75, 3.05) is 13.1 Å². The molecule has 4 atom stereocenters. The molecule has 3 aliphatic heterocycles. The van der Waals surface area contributed by atoms with Gasteiger partial charge in [-0.3, -0.25) is 9.47 Å². The van der Waals surface area contributed by atoms with Crippen LogP contribution in [-0.4, -0.2) is 40.7 Å². The van der Waals surface area contributed by atoms with Crippen LogP contribution in [0, 0.1) is 12.8 Å². The van der Waals surface area contributed by atoms with E-state index >= 15 is 0 Å². The molecule has 126 valence electrons. The Morgan fingerprint density at radius 2 is 1.96 bits per heavy atom. The molecule has 3 fully saturated rings. The first-order chi connectivity index (χ1) is 11.6. The highest BCUT2D eigenvalue weighted by Gasteiger charge is 2.38. The first kappa shape index (κ1) is 15.5. The van der Waals surface area contributed by atoms with Crippen LogP contribution >= 0.6 is 0 Å². The molecule has 1 amide bonds. The van der Waals surface area contributed by atoms with Gasteiger partial charge in [-0.1, -0.05) is 29.8 Å². The first-order valence-electron chi connectivity index (χ1n) is 8.90. The summed E-state index contributed by atoms with van der Waals surface area (Å²) in [5, 5.41) is 3.24. The molecule has 0 aliphatic carbocycles. The lowest BCUT2D eigenvalue weighted by Crippen LogP contribution is -2.60. The van der Waals surface area contributed by atoms with E-state index in [0.29, 0.717) is 12.0 Å². The fourth-order valence-electron chi connectivity index (χ4n) is 4.13. The minimum Gasteiger partial charge on any atom is -0.333 e. The fourth-order valence-corrected chi connectivity index (χ4v) is 4.13. The molecule has 5 rings (SSSR count). The highest BCUT2D eigenvalue weighted by Crippen LogP contribution is 2.32. The summed E-state index contributed by atoms with van der Waals surface area (Å²) in [7, 11) is 0. The van der Waals surface area contributed by atoms with E-state index in [2.05, 4.69) is 48.3 Å². The van der Waals surface area contributed by atoms with Crippen molar-refractivity contribution in [3.63, 3.8) is 0 Å². The second-order valence-corrected chi connectivity index (χ2v) is 7.36. The Bertz CT molecular complexity index is 734. The molecule has 3 unspecified atom stereocenters. The van der Waals surface area contributed by atoms with Crippen LogP contribution in [-0.2, 0) is 0 Å². The lowest BCUT2D eigenvalue weighted by molar-refractivity contribution is 0.0322. The number of benzene rings is 1. The van der Waals surface area contributed by atoms with Gasteiger partial charge in [-0.2, -0.15) is 0 Å². The molecule has 1 N–H and O–H groups in total. The quantitative estimate of drug-likeness (QED) is 0.918. The minimum absolute atomic E-state index is 0.0141. The van der Waals surface area contributed by atoms with Crippen molar-refractivity contribution in [2.24, 2.45) is 5.92 Å². The topological polar surface area (TPSA) is 37.3 Å². The Hall–Kier alpha value is -2.07. The van der Waals surface area contributed by atoms with Gasteiger partial charge in [0.15, 0.2) is 0 Å². The Morgan fingerprint density at radius 1 is 1.17 bits per heavy atom. The molecule has 0 spiro atoms. The SMILES string of the molecule is Cc1ccc(-c2ccn(C(=O)N[C@H]3CN4CCC3CC4C)c2)cc1. The van der Waals surface area contributed by atoms with Crippen LogP contribution in [0.5, 0.6) is 0 Å². The van der Waals surface area contributed by atoms with Crippen molar-refractivity contribution in [1.82, 2.24) is 14.8 Å². The molecule has 1 aromatic heterocycles. The normalized spacial score (nSPS) is 28.8. The van der Waals surface area contributed by atoms with E-state index in [1.165, 1.54) is 24.9 Å². The standard InChI is InChI=1S/C20H25N3O/c1-14-3-5-16(6-4-14)18-8-10-23(12-18)20(24)21-19-13-22-9-7-17(19)11-15(22)2/h3-6,8,10,12,15,17,19H,7,9,11,13H2,1-2H3,(H,21,24)/t15?,17?,19-/m0/s1. The second-order valence-electron chi connectivity index (χ2n) is 7.36. The van der Waals surface area contributed by atoms with Crippen LogP contribution in [0.4, 0.5) is 4.79 Å². The number of fused-ring (bicyclic) bond motifs is 3. The van der Waals surface area contributed by atoms with Gasteiger partial charge in [0.1, 0.15) is 0 Å². The van der Waals surface area contributed by atoms with Gasteiger partial charge in [-0.05, 0) is 56.3 Å². The predicted molar refractivity (Wildman–Crippen MR) is 96.1 cm³/mol. The average molecular weight is 323 g/mol. The van der Waals surface area contributed by atoms with Crippen LogP contribution in [0.15, 0.2) is 42.7 Å². The molecule has 0 radical (unpaired) electrons. The Balaban J connectivity index is 1.45. The summed E-state index contributed by atoms with van der Waals surface area (Å²) in [4.78, 5) is 15.1. The molecule has 4 heterocycles. The molecule has 3 saturated heterocycles. The van der Waals surface area contributed by atoms with Crippen LogP contribution in [0.25, 0.3) is 11.1 Å². The number of hydrogen-bond donors (Lipinski definition) is 1. The number of nitrogens with zero attached hydrogens (tertiary/aromatic N) is 2. The van der Waals surface area contributed by atoms with Crippen molar-refractivity contribution in [3.8, 4) is 11.1 Å². The molecular formula is C20H25N3O. The van der Waals surface area contributed by atoms with Gasteiger partial charge in [0, 0.05) is 31.0 Å². The summed E-state index contributed by atoms with van der Waals surface area (Å²) in [5.74, 6) is 0.626. The number of amides is 1. The van der Waals surface area contributed by atoms with Gasteiger partial charge < -0.3 is 5.32 Å². The Labute approximate surface area is 143 Å². The fraction of sp³-hybridized carbons (Fsp3) is 0.450. The van der Waals surface area contributed by atoms with Gasteiger partial charge in [0.05, 0.1) is 0 Å². The summed E-state index contributed by atoms with van der Waals surface area (Å²) in [6.07, 6.45) is 6.18. The maximum atomic E-state index is 12.6. The third-order valence-electron chi connectivity index (χ3n) is 5.68. The summed E-state index contributed by atoms with van der Waals surface area (Å²) in [6.45, 7) is 6.55. The Morgan fingerprint density at radius 3 is 2.62 bits per heavy atom. The van der Waals surface area contributed by atoms with Crippen molar-refractivity contribution in [1.29, 1.82) is 0 Å². The summed E-state index contributed by atoms with van der Waals surface area (Å²) in [5.41, 5.74) is 3.46. The van der Waals surface area contributed by atoms with E-state index in [1.54, 1.807) is 4.57 Å². The summed E-state index contributed by atoms with van der Waals surface area (Å²) >= 11 is 0. The smallest absolute Gasteiger partial charge is 0.325 e. The van der Waals surface area contributed by atoms with Crippen molar-refractivity contribution in [3.05, 3.63) is 48.3 Å². The number of carbonyl (C=O) groups is 1. The maximum Gasteiger partial charge on any atom is 0.325 e. The molecule has 1 aromatic carbocycles. The van der Waals surface area contributed by atoms with Crippen LogP contribution in [0.2, 0.25) is 0 Å². The Kier molecular flexibility index (Phi) is 3.93. The third-order valence-corrected chi connectivity index (χ3v) is 5.68. The van der Waals surface area contributed by atoms with Gasteiger partial charge in [-0.25, -0.2) is 4.79 Å². The van der Waals surface area contributed by atoms with Gasteiger partial charge in [0.2, 0.25) is 0 Å². The largest absolute Gasteiger partial charge is 0.333 e. The number of nitrogens with one attached hydrogen (secondary N) is 1. The van der Waals surface area contributed by atoms with E-state index in [0.717, 1.165) is 17.7 Å². The highest BCUT2D eigenvalue weighted by molar-refractivity contribution is 5.79. The predicted octanol–water partition coefficient (Wildman–Crippen LogP) is 3.50. The zero-order chi connectivity index (χ0) is 16.7. The van der Waals surface area contributed by atoms with E-state index in [1.807, 2.05) is 18.5 Å². The molecule has 3 aliphatic rings. The van der Waals surface area contributed by atoms with Crippen LogP contribution < -0.4 is 5.32 Å². The van der Waals surface area contributed by atoms with Gasteiger partial charge >= 0.3 is 6.03 Å². The zero-order valence-corrected chi connectivity index (χ0v) is 14.4. The maximum absolute atomic E-state index is 12.6. The average Bonchev–Trinajstić information content (AvgIpc) is 3.07. The first-order valence-corrected chi connectivity index (χ1v) is 8.90. The summed E-state index contributed by atoms with van der Waals surface area (Å²) < 4.78 is 1.68. The van der Waals surface area contributed by atoms with E-state index in [-0.39, 0.29) is 12.1 Å². The van der Waals surface area contributed by atoms with E-state index in [4.69, 9.17) is 0 Å². The second kappa shape index (κ2) is 6.10. The van der Waals surface area contributed by atoms with Crippen molar-refractivity contribution >= 4 is 6.03 Å². The number of hydrogen-bond acceptors (Lipinski definition) is 2. The van der Waals surface area contributed by atoms with Gasteiger partial charge in [-0.15, -0.1) is 0 Å². The van der Waals surface area contributed by atoms with Crippen molar-refractivity contribution < 1.29 is 4.79 Å². The monoisotopic (exact) mass is 323 g/mol. The number of aromatic nitrogens is 1. The number of rotatable bonds is 2. The molecule has 0 saturated carbocycles. The lowest BCUT2D eigenvalue weighted by Gasteiger charge is -2.48. The van der Waals surface area contributed by atoms with Crippen LogP contribution in [0.3, 0.4) is 0 Å². The summed E-state index contributed by atoms with van der Waals surface area (Å²) in [6, 6.07) is 11.3. The molecule has 4 heteroatoms. The lowest BCUT2D eigenvalue weighted by atomic mass is 9.80. The zero-order valence-electron chi connectivity index (χ0n) is 14.4. The molecule has 2 bridgehead atoms. The minimum atomic E-state index is -0.0141. The van der Waals surface area contributed by atoms with E-state index < -0.39 is 0 Å². The third kappa shape index (κ3) is 2.86. The molecule has 2 aromatic rings. The van der Waals surface area contributed by atoms with Crippen LogP contribution in [0.1, 0.15) is 25.3 Å². The highest BCUT2D eigenvalue weighted by atomic mass is 16.2. The molecule has 24 heavy (non-hydrogen) atoms. The number of aryl methyl sites for hydroxylation is 1. The molecule has 4 nitrogen and oxygen atoms in total. The van der Waals surface area contributed by atoms with Crippen molar-refractivity contribution in [2.45, 2.75) is 38.8 Å². The van der Waals surface area contributed by atoms with E-state index in [9.17, 15) is 4.79 Å². The molecular weight excluding hydrogens is 298 g/mol. The van der Waals surface area contributed by atoms with Gasteiger partial charge in [0.25, 0.3) is 0 Å². The number of piperidine rings is 3.